The lowest BCUT2D eigenvalue weighted by Crippen LogP contribution is -2.41. The number of hydrogen-bond acceptors (Lipinski definition) is 2. The standard InChI is InChI=1S/C15H24FNO/c1-6-18-14(15(2,3)4)13(17-5)11-9-7-8-10-12(11)16/h7-10,13-14,17H,6H2,1-5H3. The summed E-state index contributed by atoms with van der Waals surface area (Å²) in [5, 5.41) is 3.19. The Hall–Kier alpha value is -0.930. The lowest BCUT2D eigenvalue weighted by molar-refractivity contribution is -0.0357. The maximum atomic E-state index is 13.9. The van der Waals surface area contributed by atoms with Gasteiger partial charge in [-0.1, -0.05) is 39.0 Å². The van der Waals surface area contributed by atoms with E-state index in [0.717, 1.165) is 0 Å². The van der Waals surface area contributed by atoms with Crippen LogP contribution >= 0.6 is 0 Å². The molecule has 1 aromatic rings. The highest BCUT2D eigenvalue weighted by Gasteiger charge is 2.34. The average molecular weight is 253 g/mol. The minimum absolute atomic E-state index is 0.0635. The SMILES string of the molecule is CCOC(C(NC)c1ccccc1F)C(C)(C)C. The van der Waals surface area contributed by atoms with E-state index in [1.807, 2.05) is 26.1 Å². The van der Waals surface area contributed by atoms with E-state index in [-0.39, 0.29) is 23.4 Å². The predicted molar refractivity (Wildman–Crippen MR) is 73.1 cm³/mol. The predicted octanol–water partition coefficient (Wildman–Crippen LogP) is 3.54. The third kappa shape index (κ3) is 3.53. The molecule has 0 heterocycles. The van der Waals surface area contributed by atoms with E-state index in [9.17, 15) is 4.39 Å². The highest BCUT2D eigenvalue weighted by Crippen LogP contribution is 2.33. The van der Waals surface area contributed by atoms with Crippen molar-refractivity contribution in [3.63, 3.8) is 0 Å². The highest BCUT2D eigenvalue weighted by atomic mass is 19.1. The smallest absolute Gasteiger partial charge is 0.128 e. The van der Waals surface area contributed by atoms with Gasteiger partial charge in [0.2, 0.25) is 0 Å². The highest BCUT2D eigenvalue weighted by molar-refractivity contribution is 5.23. The molecule has 1 rings (SSSR count). The van der Waals surface area contributed by atoms with Crippen LogP contribution in [-0.4, -0.2) is 19.8 Å². The summed E-state index contributed by atoms with van der Waals surface area (Å²) >= 11 is 0. The second-order valence-electron chi connectivity index (χ2n) is 5.53. The van der Waals surface area contributed by atoms with E-state index in [0.29, 0.717) is 12.2 Å². The minimum Gasteiger partial charge on any atom is -0.376 e. The summed E-state index contributed by atoms with van der Waals surface area (Å²) in [6.07, 6.45) is -0.0793. The van der Waals surface area contributed by atoms with E-state index in [1.165, 1.54) is 6.07 Å². The molecule has 2 unspecified atom stereocenters. The number of ether oxygens (including phenoxy) is 1. The lowest BCUT2D eigenvalue weighted by Gasteiger charge is -2.37. The van der Waals surface area contributed by atoms with Crippen molar-refractivity contribution in [2.24, 2.45) is 5.41 Å². The van der Waals surface area contributed by atoms with Crippen LogP contribution in [0, 0.1) is 11.2 Å². The van der Waals surface area contributed by atoms with Gasteiger partial charge in [-0.15, -0.1) is 0 Å². The fraction of sp³-hybridized carbons (Fsp3) is 0.600. The largest absolute Gasteiger partial charge is 0.376 e. The normalized spacial score (nSPS) is 15.4. The van der Waals surface area contributed by atoms with E-state index in [4.69, 9.17) is 4.74 Å². The van der Waals surface area contributed by atoms with Crippen molar-refractivity contribution in [1.29, 1.82) is 0 Å². The first-order valence-electron chi connectivity index (χ1n) is 6.45. The Morgan fingerprint density at radius 1 is 1.28 bits per heavy atom. The molecule has 2 nitrogen and oxygen atoms in total. The molecule has 0 bridgehead atoms. The fourth-order valence-electron chi connectivity index (χ4n) is 2.22. The first kappa shape index (κ1) is 15.1. The van der Waals surface area contributed by atoms with Crippen LogP contribution in [0.25, 0.3) is 0 Å². The third-order valence-corrected chi connectivity index (χ3v) is 3.05. The molecule has 0 radical (unpaired) electrons. The molecule has 1 aromatic carbocycles. The Morgan fingerprint density at radius 2 is 1.89 bits per heavy atom. The van der Waals surface area contributed by atoms with Crippen molar-refractivity contribution in [3.05, 3.63) is 35.6 Å². The van der Waals surface area contributed by atoms with Crippen LogP contribution < -0.4 is 5.32 Å². The zero-order valence-electron chi connectivity index (χ0n) is 12.0. The van der Waals surface area contributed by atoms with Gasteiger partial charge in [0.15, 0.2) is 0 Å². The summed E-state index contributed by atoms with van der Waals surface area (Å²) in [6.45, 7) is 8.91. The zero-order chi connectivity index (χ0) is 13.8. The van der Waals surface area contributed by atoms with Gasteiger partial charge in [0.05, 0.1) is 12.1 Å². The Kier molecular flexibility index (Phi) is 5.29. The summed E-state index contributed by atoms with van der Waals surface area (Å²) in [5.41, 5.74) is 0.597. The summed E-state index contributed by atoms with van der Waals surface area (Å²) < 4.78 is 19.8. The summed E-state index contributed by atoms with van der Waals surface area (Å²) in [4.78, 5) is 0. The number of benzene rings is 1. The van der Waals surface area contributed by atoms with Gasteiger partial charge in [0.1, 0.15) is 5.82 Å². The van der Waals surface area contributed by atoms with Gasteiger partial charge in [0, 0.05) is 12.2 Å². The van der Waals surface area contributed by atoms with Crippen LogP contribution in [0.4, 0.5) is 4.39 Å². The molecule has 0 spiro atoms. The van der Waals surface area contributed by atoms with Crippen molar-refractivity contribution in [3.8, 4) is 0 Å². The van der Waals surface area contributed by atoms with Gasteiger partial charge in [-0.25, -0.2) is 4.39 Å². The number of hydrogen-bond donors (Lipinski definition) is 1. The lowest BCUT2D eigenvalue weighted by atomic mass is 9.82. The Balaban J connectivity index is 3.10. The zero-order valence-corrected chi connectivity index (χ0v) is 12.0. The number of nitrogens with one attached hydrogen (secondary N) is 1. The molecule has 102 valence electrons. The molecule has 1 N–H and O–H groups in total. The minimum atomic E-state index is -0.189. The van der Waals surface area contributed by atoms with Gasteiger partial charge in [-0.3, -0.25) is 0 Å². The van der Waals surface area contributed by atoms with Crippen LogP contribution in [0.3, 0.4) is 0 Å². The van der Waals surface area contributed by atoms with Crippen molar-refractivity contribution < 1.29 is 9.13 Å². The second kappa shape index (κ2) is 6.30. The van der Waals surface area contributed by atoms with Gasteiger partial charge in [-0.2, -0.15) is 0 Å². The van der Waals surface area contributed by atoms with E-state index in [2.05, 4.69) is 26.1 Å². The molecule has 0 aromatic heterocycles. The molecule has 2 atom stereocenters. The Labute approximate surface area is 110 Å². The molecule has 18 heavy (non-hydrogen) atoms. The molecule has 0 aliphatic heterocycles. The molecule has 0 aliphatic carbocycles. The van der Waals surface area contributed by atoms with E-state index < -0.39 is 0 Å². The molecule has 0 saturated carbocycles. The van der Waals surface area contributed by atoms with Crippen LogP contribution in [-0.2, 0) is 4.74 Å². The van der Waals surface area contributed by atoms with Crippen molar-refractivity contribution in [2.45, 2.75) is 39.8 Å². The van der Waals surface area contributed by atoms with E-state index in [1.54, 1.807) is 6.07 Å². The van der Waals surface area contributed by atoms with Crippen molar-refractivity contribution in [2.75, 3.05) is 13.7 Å². The third-order valence-electron chi connectivity index (χ3n) is 3.05. The fourth-order valence-corrected chi connectivity index (χ4v) is 2.22. The molecular weight excluding hydrogens is 229 g/mol. The molecule has 3 heteroatoms. The quantitative estimate of drug-likeness (QED) is 0.866. The maximum Gasteiger partial charge on any atom is 0.128 e. The number of halogens is 1. The number of likely N-dealkylation sites (N-methyl/N-ethyl adjacent to an activating group) is 1. The number of rotatable bonds is 5. The topological polar surface area (TPSA) is 21.3 Å². The Bertz CT molecular complexity index is 373. The van der Waals surface area contributed by atoms with Crippen molar-refractivity contribution >= 4 is 0 Å². The molecule has 0 amide bonds. The second-order valence-corrected chi connectivity index (χ2v) is 5.53. The summed E-state index contributed by atoms with van der Waals surface area (Å²) in [6, 6.07) is 6.72. The van der Waals surface area contributed by atoms with Crippen LogP contribution in [0.5, 0.6) is 0 Å². The van der Waals surface area contributed by atoms with Gasteiger partial charge in [-0.05, 0) is 25.5 Å². The van der Waals surface area contributed by atoms with Crippen LogP contribution in [0.15, 0.2) is 24.3 Å². The summed E-state index contributed by atoms with van der Waals surface area (Å²) in [7, 11) is 1.84. The van der Waals surface area contributed by atoms with Gasteiger partial charge in [0.25, 0.3) is 0 Å². The van der Waals surface area contributed by atoms with Crippen LogP contribution in [0.1, 0.15) is 39.3 Å². The van der Waals surface area contributed by atoms with Gasteiger partial charge < -0.3 is 10.1 Å². The molecule has 0 fully saturated rings. The molecule has 0 aliphatic rings. The van der Waals surface area contributed by atoms with Gasteiger partial charge >= 0.3 is 0 Å². The molecule has 0 saturated heterocycles. The van der Waals surface area contributed by atoms with Crippen molar-refractivity contribution in [1.82, 2.24) is 5.32 Å². The first-order chi connectivity index (χ1) is 8.41. The molecular formula is C15H24FNO. The summed E-state index contributed by atoms with van der Waals surface area (Å²) in [5.74, 6) is -0.189. The first-order valence-corrected chi connectivity index (χ1v) is 6.45. The Morgan fingerprint density at radius 3 is 2.33 bits per heavy atom. The monoisotopic (exact) mass is 253 g/mol. The van der Waals surface area contributed by atoms with Crippen LogP contribution in [0.2, 0.25) is 0 Å². The average Bonchev–Trinajstić information content (AvgIpc) is 2.30. The maximum absolute atomic E-state index is 13.9. The van der Waals surface area contributed by atoms with E-state index >= 15 is 0 Å².